The highest BCUT2D eigenvalue weighted by Crippen LogP contribution is 2.32. The number of para-hydroxylation sites is 1. The average Bonchev–Trinajstić information content (AvgIpc) is 2.94. The number of sulfonamides is 1. The van der Waals surface area contributed by atoms with E-state index in [1.165, 1.54) is 53.4 Å². The molecule has 0 aromatic heterocycles. The minimum atomic E-state index is -4.15. The fraction of sp³-hybridized carbons (Fsp3) is 0.188. The molecule has 7 nitrogen and oxygen atoms in total. The molecule has 43 heavy (non-hydrogen) atoms. The molecular weight excluding hydrogens is 631 g/mol. The van der Waals surface area contributed by atoms with E-state index in [4.69, 9.17) is 39.5 Å². The van der Waals surface area contributed by atoms with Crippen molar-refractivity contribution in [3.63, 3.8) is 0 Å². The first-order valence-electron chi connectivity index (χ1n) is 13.2. The summed E-state index contributed by atoms with van der Waals surface area (Å²) in [5, 5.41) is 1.02. The van der Waals surface area contributed by atoms with Crippen LogP contribution >= 0.6 is 34.8 Å². The number of rotatable bonds is 9. The van der Waals surface area contributed by atoms with Crippen molar-refractivity contribution in [2.45, 2.75) is 44.2 Å². The maximum atomic E-state index is 14.1. The molecular formula is C32H29Cl3N2O5S. The molecule has 0 radical (unpaired) electrons. The van der Waals surface area contributed by atoms with Crippen molar-refractivity contribution in [2.75, 3.05) is 4.72 Å². The third-order valence-electron chi connectivity index (χ3n) is 6.47. The predicted octanol–water partition coefficient (Wildman–Crippen LogP) is 8.75. The van der Waals surface area contributed by atoms with Gasteiger partial charge in [0.25, 0.3) is 15.9 Å². The van der Waals surface area contributed by atoms with Gasteiger partial charge in [0.15, 0.2) is 5.78 Å². The molecule has 0 aliphatic heterocycles. The molecule has 0 spiro atoms. The predicted molar refractivity (Wildman–Crippen MR) is 171 cm³/mol. The summed E-state index contributed by atoms with van der Waals surface area (Å²) < 4.78 is 35.1. The summed E-state index contributed by atoms with van der Waals surface area (Å²) in [7, 11) is -4.15. The molecule has 0 saturated carbocycles. The molecule has 11 heteroatoms. The Morgan fingerprint density at radius 2 is 1.49 bits per heavy atom. The van der Waals surface area contributed by atoms with Crippen LogP contribution in [0, 0.1) is 0 Å². The minimum absolute atomic E-state index is 0.00227. The van der Waals surface area contributed by atoms with Crippen molar-refractivity contribution >= 4 is 62.2 Å². The lowest BCUT2D eigenvalue weighted by atomic mass is 9.96. The summed E-state index contributed by atoms with van der Waals surface area (Å²) in [6.45, 7) is 6.97. The van der Waals surface area contributed by atoms with E-state index in [-0.39, 0.29) is 27.0 Å². The molecule has 0 heterocycles. The topological polar surface area (TPSA) is 92.8 Å². The number of hydrogen-bond acceptors (Lipinski definition) is 5. The first-order valence-corrected chi connectivity index (χ1v) is 15.8. The number of halogens is 3. The van der Waals surface area contributed by atoms with Gasteiger partial charge in [0, 0.05) is 21.1 Å². The van der Waals surface area contributed by atoms with Crippen LogP contribution in [0.3, 0.4) is 0 Å². The van der Waals surface area contributed by atoms with Gasteiger partial charge in [-0.2, -0.15) is 0 Å². The molecule has 0 fully saturated rings. The minimum Gasteiger partial charge on any atom is -0.456 e. The highest BCUT2D eigenvalue weighted by Gasteiger charge is 2.37. The van der Waals surface area contributed by atoms with Gasteiger partial charge in [-0.3, -0.25) is 14.3 Å². The van der Waals surface area contributed by atoms with Gasteiger partial charge in [0.2, 0.25) is 0 Å². The Bertz CT molecular complexity index is 1770. The first-order chi connectivity index (χ1) is 20.2. The monoisotopic (exact) mass is 658 g/mol. The third-order valence-corrected chi connectivity index (χ3v) is 8.64. The number of nitrogens with one attached hydrogen (secondary N) is 1. The number of carbonyl (C=O) groups excluding carboxylic acids is 2. The van der Waals surface area contributed by atoms with Crippen LogP contribution in [0.15, 0.2) is 95.9 Å². The van der Waals surface area contributed by atoms with Gasteiger partial charge in [-0.1, -0.05) is 59.1 Å². The number of ketones is 1. The highest BCUT2D eigenvalue weighted by molar-refractivity contribution is 7.92. The van der Waals surface area contributed by atoms with Crippen molar-refractivity contribution in [1.29, 1.82) is 0 Å². The second-order valence-electron chi connectivity index (χ2n) is 10.7. The fourth-order valence-corrected chi connectivity index (χ4v) is 6.14. The SMILES string of the molecule is C[C@@H](C(=O)c1cccc(Cl)c1)N(C(=O)c1cc(Cl)ccc1NS(=O)(=O)c1ccc(Oc2ccccc2Cl)cc1)C(C)(C)C. The second-order valence-corrected chi connectivity index (χ2v) is 13.7. The van der Waals surface area contributed by atoms with Gasteiger partial charge in [-0.15, -0.1) is 0 Å². The van der Waals surface area contributed by atoms with Gasteiger partial charge < -0.3 is 9.64 Å². The molecule has 1 atom stereocenters. The number of Topliss-reactive ketones (excluding diaryl/α,β-unsaturated/α-hetero) is 1. The summed E-state index contributed by atoms with van der Waals surface area (Å²) in [4.78, 5) is 28.9. The van der Waals surface area contributed by atoms with Crippen LogP contribution in [0.25, 0.3) is 0 Å². The molecule has 0 saturated heterocycles. The molecule has 1 N–H and O–H groups in total. The van der Waals surface area contributed by atoms with E-state index in [9.17, 15) is 18.0 Å². The fourth-order valence-electron chi connectivity index (χ4n) is 4.52. The van der Waals surface area contributed by atoms with Crippen LogP contribution < -0.4 is 9.46 Å². The van der Waals surface area contributed by atoms with Crippen LogP contribution in [0.2, 0.25) is 15.1 Å². The molecule has 0 bridgehead atoms. The Kier molecular flexibility index (Phi) is 9.76. The summed E-state index contributed by atoms with van der Waals surface area (Å²) >= 11 is 18.5. The zero-order chi connectivity index (χ0) is 31.5. The van der Waals surface area contributed by atoms with E-state index >= 15 is 0 Å². The lowest BCUT2D eigenvalue weighted by molar-refractivity contribution is 0.0426. The Hall–Kier alpha value is -3.56. The third kappa shape index (κ3) is 7.70. The summed E-state index contributed by atoms with van der Waals surface area (Å²) in [6.07, 6.45) is 0. The van der Waals surface area contributed by atoms with Crippen molar-refractivity contribution in [3.05, 3.63) is 117 Å². The Balaban J connectivity index is 1.64. The van der Waals surface area contributed by atoms with Crippen molar-refractivity contribution in [1.82, 2.24) is 4.90 Å². The van der Waals surface area contributed by atoms with E-state index in [0.717, 1.165) is 0 Å². The maximum Gasteiger partial charge on any atom is 0.261 e. The van der Waals surface area contributed by atoms with Crippen LogP contribution in [-0.2, 0) is 10.0 Å². The molecule has 4 rings (SSSR count). The molecule has 0 unspecified atom stereocenters. The maximum absolute atomic E-state index is 14.1. The van der Waals surface area contributed by atoms with Crippen molar-refractivity contribution < 1.29 is 22.7 Å². The number of carbonyl (C=O) groups is 2. The molecule has 0 aliphatic rings. The van der Waals surface area contributed by atoms with Crippen LogP contribution in [-0.4, -0.2) is 36.6 Å². The van der Waals surface area contributed by atoms with Gasteiger partial charge in [0.1, 0.15) is 11.5 Å². The van der Waals surface area contributed by atoms with Gasteiger partial charge in [-0.05, 0) is 94.4 Å². The lowest BCUT2D eigenvalue weighted by Crippen LogP contribution is -2.53. The Morgan fingerprint density at radius 1 is 0.837 bits per heavy atom. The number of anilines is 1. The van der Waals surface area contributed by atoms with E-state index in [1.807, 2.05) is 0 Å². The highest BCUT2D eigenvalue weighted by atomic mass is 35.5. The summed E-state index contributed by atoms with van der Waals surface area (Å²) in [5.41, 5.74) is -0.505. The molecule has 0 aliphatic carbocycles. The molecule has 1 amide bonds. The number of amides is 1. The van der Waals surface area contributed by atoms with Crippen LogP contribution in [0.5, 0.6) is 11.5 Å². The second kappa shape index (κ2) is 13.0. The number of ether oxygens (including phenoxy) is 1. The van der Waals surface area contributed by atoms with Crippen molar-refractivity contribution in [3.8, 4) is 11.5 Å². The van der Waals surface area contributed by atoms with E-state index in [0.29, 0.717) is 27.1 Å². The molecule has 4 aromatic carbocycles. The summed E-state index contributed by atoms with van der Waals surface area (Å²) in [6, 6.07) is 22.5. The molecule has 224 valence electrons. The van der Waals surface area contributed by atoms with Crippen molar-refractivity contribution in [2.24, 2.45) is 0 Å². The van der Waals surface area contributed by atoms with E-state index in [2.05, 4.69) is 4.72 Å². The van der Waals surface area contributed by atoms with Gasteiger partial charge in [-0.25, -0.2) is 8.42 Å². The largest absolute Gasteiger partial charge is 0.456 e. The van der Waals surface area contributed by atoms with Crippen LogP contribution in [0.4, 0.5) is 5.69 Å². The van der Waals surface area contributed by atoms with E-state index in [1.54, 1.807) is 70.2 Å². The normalized spacial score (nSPS) is 12.3. The Labute approximate surface area is 266 Å². The average molecular weight is 660 g/mol. The number of benzene rings is 4. The van der Waals surface area contributed by atoms with Crippen LogP contribution in [0.1, 0.15) is 48.4 Å². The standard InChI is InChI=1S/C32H29Cl3N2O5S/c1-20(30(38)21-8-7-9-22(33)18-21)37(32(2,3)4)31(39)26-19-23(34)12-17-28(26)36-43(40,41)25-15-13-24(14-16-25)42-29-11-6-5-10-27(29)35/h5-20,36H,1-4H3/t20-/m0/s1. The first kappa shape index (κ1) is 32.4. The van der Waals surface area contributed by atoms with E-state index < -0.39 is 27.5 Å². The molecule has 4 aromatic rings. The quantitative estimate of drug-likeness (QED) is 0.181. The van der Waals surface area contributed by atoms with Gasteiger partial charge in [0.05, 0.1) is 27.2 Å². The number of nitrogens with zero attached hydrogens (tertiary/aromatic N) is 1. The lowest BCUT2D eigenvalue weighted by Gasteiger charge is -2.40. The smallest absolute Gasteiger partial charge is 0.261 e. The summed E-state index contributed by atoms with van der Waals surface area (Å²) in [5.74, 6) is -0.102. The Morgan fingerprint density at radius 3 is 2.12 bits per heavy atom. The van der Waals surface area contributed by atoms with Gasteiger partial charge >= 0.3 is 0 Å². The zero-order valence-electron chi connectivity index (χ0n) is 23.8. The zero-order valence-corrected chi connectivity index (χ0v) is 26.9. The number of hydrogen-bond donors (Lipinski definition) is 1.